The molecule has 0 bridgehead atoms. The molecule has 7 aromatic rings. The molecule has 1 aliphatic heterocycles. The molecule has 10 nitrogen and oxygen atoms in total. The molecule has 5 aromatic carbocycles. The highest BCUT2D eigenvalue weighted by Crippen LogP contribution is 2.34. The molecule has 2 aromatic heterocycles. The zero-order valence-corrected chi connectivity index (χ0v) is 30.8. The van der Waals surface area contributed by atoms with Gasteiger partial charge in [0.05, 0.1) is 34.2 Å². The molecule has 0 unspecified atom stereocenters. The second kappa shape index (κ2) is 16.3. The van der Waals surface area contributed by atoms with E-state index in [1.54, 1.807) is 4.90 Å². The van der Waals surface area contributed by atoms with Crippen molar-refractivity contribution in [3.63, 3.8) is 0 Å². The van der Waals surface area contributed by atoms with Crippen molar-refractivity contribution in [1.29, 1.82) is 0 Å². The number of aromatic nitrogens is 4. The Morgan fingerprint density at radius 3 is 1.96 bits per heavy atom. The minimum atomic E-state index is -0.462. The molecule has 0 saturated carbocycles. The Balaban J connectivity index is 0.941. The molecule has 1 fully saturated rings. The molecular weight excluding hydrogens is 689 g/mol. The number of carbonyl (C=O) groups is 2. The number of H-pyrrole nitrogens is 2. The third-order valence-corrected chi connectivity index (χ3v) is 10.2. The van der Waals surface area contributed by atoms with Crippen LogP contribution in [-0.4, -0.2) is 43.6 Å². The normalized spacial score (nSPS) is 14.6. The fourth-order valence-electron chi connectivity index (χ4n) is 7.26. The van der Waals surface area contributed by atoms with Gasteiger partial charge >= 0.3 is 12.2 Å². The third-order valence-electron chi connectivity index (χ3n) is 10.2. The van der Waals surface area contributed by atoms with Gasteiger partial charge in [-0.15, -0.1) is 0 Å². The number of aromatic amines is 2. The van der Waals surface area contributed by atoms with E-state index < -0.39 is 6.09 Å². The Bertz CT molecular complexity index is 2390. The average molecular weight is 733 g/mol. The molecule has 3 N–H and O–H groups in total. The zero-order chi connectivity index (χ0) is 37.6. The van der Waals surface area contributed by atoms with Gasteiger partial charge in [-0.2, -0.15) is 0 Å². The number of fused-ring (bicyclic) bond motifs is 2. The van der Waals surface area contributed by atoms with Gasteiger partial charge in [0.25, 0.3) is 0 Å². The molecular formula is C45H44N6O4. The summed E-state index contributed by atoms with van der Waals surface area (Å²) in [7, 11) is 0. The molecule has 2 atom stereocenters. The van der Waals surface area contributed by atoms with E-state index in [9.17, 15) is 9.59 Å². The summed E-state index contributed by atoms with van der Waals surface area (Å²) in [6.07, 6.45) is 3.65. The number of benzene rings is 5. The van der Waals surface area contributed by atoms with Crippen molar-refractivity contribution in [3.8, 4) is 22.3 Å². The predicted molar refractivity (Wildman–Crippen MR) is 214 cm³/mol. The lowest BCUT2D eigenvalue weighted by molar-refractivity contribution is 0.0910. The standard InChI is InChI=1S/C45H44N6O4/c1-2-3-15-38(50-44(52)54-28-30-11-6-4-7-12-30)42-46-36-23-21-34(26-39(36)48-42)32-17-19-33(20-18-32)35-22-24-37-40(27-35)49-43(47-37)41-16-10-25-51(41)45(53)55-29-31-13-8-5-9-14-31/h4-9,11-14,17-24,26-27,38,41H,2-3,10,15-16,25,28-29H2,1H3,(H,46,48)(H,47,49)(H,50,52)/t38-,41-/m0/s1. The third kappa shape index (κ3) is 8.23. The van der Waals surface area contributed by atoms with Crippen molar-refractivity contribution >= 4 is 34.3 Å². The van der Waals surface area contributed by atoms with Gasteiger partial charge in [-0.05, 0) is 76.9 Å². The molecule has 2 amide bonds. The summed E-state index contributed by atoms with van der Waals surface area (Å²) < 4.78 is 11.2. The van der Waals surface area contributed by atoms with Crippen LogP contribution in [0.4, 0.5) is 9.59 Å². The smallest absolute Gasteiger partial charge is 0.410 e. The second-order valence-electron chi connectivity index (χ2n) is 14.1. The quantitative estimate of drug-likeness (QED) is 0.115. The Hall–Kier alpha value is -6.42. The van der Waals surface area contributed by atoms with Crippen LogP contribution in [0.2, 0.25) is 0 Å². The van der Waals surface area contributed by atoms with Crippen LogP contribution >= 0.6 is 0 Å². The first-order valence-electron chi connectivity index (χ1n) is 19.1. The number of rotatable bonds is 12. The van der Waals surface area contributed by atoms with Crippen LogP contribution < -0.4 is 5.32 Å². The Labute approximate surface area is 319 Å². The van der Waals surface area contributed by atoms with Crippen molar-refractivity contribution < 1.29 is 19.1 Å². The van der Waals surface area contributed by atoms with Crippen LogP contribution in [0, 0.1) is 0 Å². The van der Waals surface area contributed by atoms with E-state index >= 15 is 0 Å². The number of imidazole rings is 2. The summed E-state index contributed by atoms with van der Waals surface area (Å²) in [5.41, 5.74) is 9.74. The lowest BCUT2D eigenvalue weighted by Crippen LogP contribution is -2.31. The molecule has 8 rings (SSSR count). The van der Waals surface area contributed by atoms with Gasteiger partial charge in [0, 0.05) is 6.54 Å². The average Bonchev–Trinajstić information content (AvgIpc) is 4.00. The van der Waals surface area contributed by atoms with E-state index in [0.717, 1.165) is 93.4 Å². The topological polar surface area (TPSA) is 125 Å². The monoisotopic (exact) mass is 732 g/mol. The van der Waals surface area contributed by atoms with Gasteiger partial charge in [-0.3, -0.25) is 4.90 Å². The van der Waals surface area contributed by atoms with Crippen LogP contribution in [0.15, 0.2) is 121 Å². The number of hydrogen-bond donors (Lipinski definition) is 3. The number of alkyl carbamates (subject to hydrolysis) is 1. The fourth-order valence-corrected chi connectivity index (χ4v) is 7.26. The van der Waals surface area contributed by atoms with Crippen LogP contribution in [0.3, 0.4) is 0 Å². The highest BCUT2D eigenvalue weighted by atomic mass is 16.6. The first-order valence-corrected chi connectivity index (χ1v) is 19.1. The van der Waals surface area contributed by atoms with Crippen LogP contribution in [0.25, 0.3) is 44.3 Å². The number of amides is 2. The van der Waals surface area contributed by atoms with E-state index in [-0.39, 0.29) is 31.4 Å². The molecule has 0 spiro atoms. The highest BCUT2D eigenvalue weighted by molar-refractivity contribution is 5.85. The van der Waals surface area contributed by atoms with Crippen molar-refractivity contribution in [3.05, 3.63) is 144 Å². The molecule has 3 heterocycles. The lowest BCUT2D eigenvalue weighted by atomic mass is 10.00. The minimum Gasteiger partial charge on any atom is -0.445 e. The van der Waals surface area contributed by atoms with Crippen molar-refractivity contribution in [2.24, 2.45) is 0 Å². The van der Waals surface area contributed by atoms with Crippen molar-refractivity contribution in [2.75, 3.05) is 6.54 Å². The first-order chi connectivity index (χ1) is 27.0. The zero-order valence-electron chi connectivity index (χ0n) is 30.8. The minimum absolute atomic E-state index is 0.151. The number of hydrogen-bond acceptors (Lipinski definition) is 6. The molecule has 278 valence electrons. The van der Waals surface area contributed by atoms with Gasteiger partial charge in [0.2, 0.25) is 0 Å². The first kappa shape index (κ1) is 35.6. The lowest BCUT2D eigenvalue weighted by Gasteiger charge is -2.22. The molecule has 10 heteroatoms. The predicted octanol–water partition coefficient (Wildman–Crippen LogP) is 10.4. The summed E-state index contributed by atoms with van der Waals surface area (Å²) in [5, 5.41) is 3.03. The number of unbranched alkanes of at least 4 members (excludes halogenated alkanes) is 1. The molecule has 0 aliphatic carbocycles. The van der Waals surface area contributed by atoms with Gasteiger partial charge in [0.1, 0.15) is 24.9 Å². The Kier molecular flexibility index (Phi) is 10.6. The molecule has 1 saturated heterocycles. The summed E-state index contributed by atoms with van der Waals surface area (Å²) in [6.45, 7) is 3.23. The number of ether oxygens (including phenoxy) is 2. The van der Waals surface area contributed by atoms with Crippen molar-refractivity contribution in [1.82, 2.24) is 30.2 Å². The molecule has 0 radical (unpaired) electrons. The van der Waals surface area contributed by atoms with E-state index in [0.29, 0.717) is 12.4 Å². The fraction of sp³-hybridized carbons (Fsp3) is 0.244. The number of nitrogens with one attached hydrogen (secondary N) is 3. The van der Waals surface area contributed by atoms with Crippen molar-refractivity contribution in [2.45, 2.75) is 64.3 Å². The summed E-state index contributed by atoms with van der Waals surface area (Å²) in [4.78, 5) is 44.3. The molecule has 55 heavy (non-hydrogen) atoms. The van der Waals surface area contributed by atoms with E-state index in [4.69, 9.17) is 19.4 Å². The van der Waals surface area contributed by atoms with Crippen LogP contribution in [0.5, 0.6) is 0 Å². The number of nitrogens with zero attached hydrogens (tertiary/aromatic N) is 3. The van der Waals surface area contributed by atoms with Crippen LogP contribution in [0.1, 0.15) is 73.9 Å². The van der Waals surface area contributed by atoms with Gasteiger partial charge in [-0.25, -0.2) is 19.6 Å². The number of carbonyl (C=O) groups excluding carboxylic acids is 2. The summed E-state index contributed by atoms with van der Waals surface area (Å²) in [6, 6.07) is 39.9. The maximum absolute atomic E-state index is 13.0. The van der Waals surface area contributed by atoms with Crippen LogP contribution in [-0.2, 0) is 22.7 Å². The summed E-state index contributed by atoms with van der Waals surface area (Å²) in [5.74, 6) is 1.50. The Morgan fingerprint density at radius 2 is 1.33 bits per heavy atom. The SMILES string of the molecule is CCCC[C@H](NC(=O)OCc1ccccc1)c1nc2ccc(-c3ccc(-c4ccc5nc([C@@H]6CCCN6C(=O)OCc6ccccc6)[nH]c5c4)cc3)cc2[nH]1. The number of likely N-dealkylation sites (tertiary alicyclic amines) is 1. The second-order valence-corrected chi connectivity index (χ2v) is 14.1. The highest BCUT2D eigenvalue weighted by Gasteiger charge is 2.33. The van der Waals surface area contributed by atoms with Gasteiger partial charge in [-0.1, -0.05) is 117 Å². The maximum Gasteiger partial charge on any atom is 0.410 e. The maximum atomic E-state index is 13.0. The largest absolute Gasteiger partial charge is 0.445 e. The molecule has 1 aliphatic rings. The Morgan fingerprint density at radius 1 is 0.745 bits per heavy atom. The van der Waals surface area contributed by atoms with Gasteiger partial charge in [0.15, 0.2) is 0 Å². The summed E-state index contributed by atoms with van der Waals surface area (Å²) >= 11 is 0. The van der Waals surface area contributed by atoms with Gasteiger partial charge < -0.3 is 24.8 Å². The van der Waals surface area contributed by atoms with E-state index in [1.165, 1.54) is 0 Å². The van der Waals surface area contributed by atoms with E-state index in [1.807, 2.05) is 72.8 Å². The van der Waals surface area contributed by atoms with E-state index in [2.05, 4.69) is 70.7 Å².